The molecule has 0 unspecified atom stereocenters. The van der Waals surface area contributed by atoms with E-state index in [1.165, 1.54) is 12.5 Å². The SMILES string of the molecule is C[C@@H]1O[C@@H](O[C@H]2[C@H](O[C@@H]3CC[C@@]4(C)[C@@H](CC[C@]5(C)[C@@H]4CC=C4[C@@H]6CC(C)(C)CC[C@]6(C(=O)O[C@@H]6O[C@H](CO)[C@@H](O)[C@H](O)[C@H]6O[C@@H]6O[C@H](CO)[C@@H](O)[C@H](O)[C@H]6O)CC[C@]45C)[C@]3(C)CO)OC[C@H](O)[C@@H]2O)[C@H](O)[C@H](O)[C@H]1O. The summed E-state index contributed by atoms with van der Waals surface area (Å²) in [5.74, 6) is -0.811. The van der Waals surface area contributed by atoms with Gasteiger partial charge in [0.2, 0.25) is 6.29 Å². The van der Waals surface area contributed by atoms with Crippen LogP contribution in [-0.2, 0) is 42.7 Å². The lowest BCUT2D eigenvalue weighted by molar-refractivity contribution is -0.365. The number of fused-ring (bicyclic) bond motifs is 7. The number of carbonyl (C=O) groups excluding carboxylic acids is 1. The molecular formula is C53H86O22. The molecule has 22 heteroatoms. The molecule has 9 rings (SSSR count). The maximum atomic E-state index is 15.3. The fourth-order valence-electron chi connectivity index (χ4n) is 16.2. The number of hydrogen-bond acceptors (Lipinski definition) is 22. The Balaban J connectivity index is 0.969. The number of carbonyl (C=O) groups is 1. The summed E-state index contributed by atoms with van der Waals surface area (Å²) >= 11 is 0. The third-order valence-corrected chi connectivity index (χ3v) is 21.1. The number of rotatable bonds is 11. The lowest BCUT2D eigenvalue weighted by Gasteiger charge is -2.71. The number of hydrogen-bond donors (Lipinski definition) is 13. The van der Waals surface area contributed by atoms with E-state index in [1.807, 2.05) is 6.92 Å². The molecule has 0 aromatic rings. The second-order valence-corrected chi connectivity index (χ2v) is 25.7. The van der Waals surface area contributed by atoms with Crippen molar-refractivity contribution in [2.24, 2.45) is 50.2 Å². The van der Waals surface area contributed by atoms with Gasteiger partial charge >= 0.3 is 5.97 Å². The predicted octanol–water partition coefficient (Wildman–Crippen LogP) is -1.40. The van der Waals surface area contributed by atoms with Crippen LogP contribution in [0.5, 0.6) is 0 Å². The fraction of sp³-hybridized carbons (Fsp3) is 0.943. The highest BCUT2D eigenvalue weighted by Gasteiger charge is 2.71. The fourth-order valence-corrected chi connectivity index (χ4v) is 16.2. The van der Waals surface area contributed by atoms with E-state index >= 15 is 4.79 Å². The highest BCUT2D eigenvalue weighted by atomic mass is 16.8. The molecule has 75 heavy (non-hydrogen) atoms. The molecule has 4 heterocycles. The van der Waals surface area contributed by atoms with Crippen molar-refractivity contribution >= 4 is 5.97 Å². The zero-order valence-electron chi connectivity index (χ0n) is 44.2. The lowest BCUT2D eigenvalue weighted by atomic mass is 9.33. The summed E-state index contributed by atoms with van der Waals surface area (Å²) < 4.78 is 48.2. The van der Waals surface area contributed by atoms with Gasteiger partial charge in [-0.05, 0) is 111 Å². The van der Waals surface area contributed by atoms with Crippen molar-refractivity contribution in [3.05, 3.63) is 11.6 Å². The molecule has 4 saturated carbocycles. The maximum absolute atomic E-state index is 15.3. The third-order valence-electron chi connectivity index (χ3n) is 21.1. The molecule has 9 aliphatic rings. The van der Waals surface area contributed by atoms with Crippen molar-refractivity contribution < 1.29 is 109 Å². The van der Waals surface area contributed by atoms with Crippen LogP contribution < -0.4 is 0 Å². The van der Waals surface area contributed by atoms with E-state index in [2.05, 4.69) is 40.7 Å². The van der Waals surface area contributed by atoms with E-state index < -0.39 is 158 Å². The number of allylic oxidation sites excluding steroid dienone is 2. The summed E-state index contributed by atoms with van der Waals surface area (Å²) in [5.41, 5.74) is -1.85. The van der Waals surface area contributed by atoms with Crippen molar-refractivity contribution in [3.63, 3.8) is 0 Å². The van der Waals surface area contributed by atoms with Gasteiger partial charge in [-0.1, -0.05) is 53.2 Å². The molecule has 4 aliphatic heterocycles. The van der Waals surface area contributed by atoms with Crippen molar-refractivity contribution in [1.29, 1.82) is 0 Å². The van der Waals surface area contributed by atoms with Crippen LogP contribution in [0.3, 0.4) is 0 Å². The van der Waals surface area contributed by atoms with E-state index in [0.717, 1.165) is 12.8 Å². The van der Waals surface area contributed by atoms with Crippen LogP contribution in [0.2, 0.25) is 0 Å². The molecule has 28 atom stereocenters. The Bertz CT molecular complexity index is 2060. The smallest absolute Gasteiger partial charge is 0.315 e. The Morgan fingerprint density at radius 1 is 0.613 bits per heavy atom. The zero-order valence-corrected chi connectivity index (χ0v) is 44.2. The molecule has 0 radical (unpaired) electrons. The highest BCUT2D eigenvalue weighted by Crippen LogP contribution is 2.76. The van der Waals surface area contributed by atoms with Gasteiger partial charge in [0, 0.05) is 5.41 Å². The zero-order chi connectivity index (χ0) is 54.7. The summed E-state index contributed by atoms with van der Waals surface area (Å²) in [7, 11) is 0. The first-order valence-electron chi connectivity index (χ1n) is 27.3. The van der Waals surface area contributed by atoms with E-state index in [4.69, 9.17) is 37.9 Å². The van der Waals surface area contributed by atoms with Gasteiger partial charge < -0.3 is 104 Å². The Morgan fingerprint density at radius 3 is 1.84 bits per heavy atom. The molecule has 0 aromatic carbocycles. The summed E-state index contributed by atoms with van der Waals surface area (Å²) in [4.78, 5) is 15.3. The maximum Gasteiger partial charge on any atom is 0.315 e. The average molecular weight is 1080 g/mol. The van der Waals surface area contributed by atoms with Crippen LogP contribution in [0.15, 0.2) is 11.6 Å². The minimum atomic E-state index is -1.88. The number of ether oxygens (including phenoxy) is 8. The minimum absolute atomic E-state index is 0.0543. The Hall–Kier alpha value is -1.59. The first-order valence-corrected chi connectivity index (χ1v) is 27.3. The van der Waals surface area contributed by atoms with Crippen molar-refractivity contribution in [3.8, 4) is 0 Å². The van der Waals surface area contributed by atoms with E-state index in [-0.39, 0.29) is 47.2 Å². The van der Waals surface area contributed by atoms with Crippen LogP contribution in [0.25, 0.3) is 0 Å². The molecular weight excluding hydrogens is 989 g/mol. The van der Waals surface area contributed by atoms with E-state index in [1.54, 1.807) is 0 Å². The molecule has 0 spiro atoms. The van der Waals surface area contributed by atoms with Gasteiger partial charge in [-0.3, -0.25) is 4.79 Å². The number of aliphatic hydroxyl groups excluding tert-OH is 13. The van der Waals surface area contributed by atoms with Crippen molar-refractivity contribution in [2.75, 3.05) is 26.4 Å². The molecule has 430 valence electrons. The van der Waals surface area contributed by atoms with Gasteiger partial charge in [0.25, 0.3) is 0 Å². The van der Waals surface area contributed by atoms with Crippen LogP contribution in [0.4, 0.5) is 0 Å². The normalized spacial score (nSPS) is 54.8. The molecule has 5 aliphatic carbocycles. The Morgan fingerprint density at radius 2 is 1.20 bits per heavy atom. The predicted molar refractivity (Wildman–Crippen MR) is 257 cm³/mol. The van der Waals surface area contributed by atoms with Gasteiger partial charge in [0.1, 0.15) is 79.4 Å². The number of aliphatic hydroxyl groups is 13. The second kappa shape index (κ2) is 21.1. The molecule has 22 nitrogen and oxygen atoms in total. The summed E-state index contributed by atoms with van der Waals surface area (Å²) in [6.45, 7) is 12.9. The van der Waals surface area contributed by atoms with Crippen LogP contribution in [-0.4, -0.2) is 222 Å². The lowest BCUT2D eigenvalue weighted by Crippen LogP contribution is -2.67. The number of esters is 1. The van der Waals surface area contributed by atoms with Gasteiger partial charge in [-0.15, -0.1) is 0 Å². The monoisotopic (exact) mass is 1070 g/mol. The third kappa shape index (κ3) is 9.40. The Labute approximate surface area is 437 Å². The molecule has 0 bridgehead atoms. The van der Waals surface area contributed by atoms with E-state index in [9.17, 15) is 66.4 Å². The highest BCUT2D eigenvalue weighted by molar-refractivity contribution is 5.79. The summed E-state index contributed by atoms with van der Waals surface area (Å²) in [5, 5.41) is 139. The quantitative estimate of drug-likeness (QED) is 0.0643. The van der Waals surface area contributed by atoms with Crippen LogP contribution in [0.1, 0.15) is 113 Å². The Kier molecular flexibility index (Phi) is 16.3. The second-order valence-electron chi connectivity index (χ2n) is 25.7. The van der Waals surface area contributed by atoms with E-state index in [0.29, 0.717) is 51.4 Å². The first kappa shape index (κ1) is 58.1. The largest absolute Gasteiger partial charge is 0.432 e. The van der Waals surface area contributed by atoms with Crippen LogP contribution in [0, 0.1) is 50.2 Å². The van der Waals surface area contributed by atoms with Gasteiger partial charge in [0.05, 0.1) is 44.1 Å². The van der Waals surface area contributed by atoms with Crippen LogP contribution >= 0.6 is 0 Å². The standard InChI is InChI=1S/C53H86O22/c1-23-32(58)36(62)39(65)43(69-23)73-41-33(59)26(57)21-68-45(41)72-31-11-12-49(4)29(50(31,5)22-56)10-13-52(7)30(49)9-8-24-25-18-48(2,3)14-16-53(25,17-15-51(24,52)6)47(67)75-46-42(38(64)35(61)28(20-55)71-46)74-44-40(66)37(63)34(60)27(19-54)70-44/h8,23,25-46,54-66H,9-22H2,1-7H3/t23-,25-,26-,27+,28+,29+,30+,31+,32-,33-,34+,35+,36+,37-,38-,39+,40+,41+,42+,43-,44-,45-,46-,49-,50-,51+,52+,53-/m0/s1. The first-order chi connectivity index (χ1) is 35.2. The summed E-state index contributed by atoms with van der Waals surface area (Å²) in [6, 6.07) is 0. The van der Waals surface area contributed by atoms with Gasteiger partial charge in [-0.2, -0.15) is 0 Å². The molecule has 8 fully saturated rings. The molecule has 0 amide bonds. The molecule has 4 saturated heterocycles. The van der Waals surface area contributed by atoms with Gasteiger partial charge in [0.15, 0.2) is 25.0 Å². The van der Waals surface area contributed by atoms with Crippen molar-refractivity contribution in [1.82, 2.24) is 0 Å². The molecule has 0 aromatic heterocycles. The van der Waals surface area contributed by atoms with Crippen molar-refractivity contribution in [2.45, 2.75) is 235 Å². The van der Waals surface area contributed by atoms with Gasteiger partial charge in [-0.25, -0.2) is 0 Å². The minimum Gasteiger partial charge on any atom is -0.432 e. The topological polar surface area (TPSA) is 354 Å². The molecule has 13 N–H and O–H groups in total. The average Bonchev–Trinajstić information content (AvgIpc) is 3.37. The summed E-state index contributed by atoms with van der Waals surface area (Å²) in [6.07, 6.45) is -21.5.